The van der Waals surface area contributed by atoms with E-state index >= 15 is 0 Å². The van der Waals surface area contributed by atoms with Crippen molar-refractivity contribution >= 4 is 22.7 Å². The van der Waals surface area contributed by atoms with Crippen LogP contribution in [0.5, 0.6) is 0 Å². The second-order valence-electron chi connectivity index (χ2n) is 5.24. The molecule has 0 atom stereocenters. The number of furan rings is 1. The molecule has 0 bridgehead atoms. The molecule has 1 aliphatic rings. The van der Waals surface area contributed by atoms with Gasteiger partial charge in [-0.15, -0.1) is 0 Å². The number of carbonyl (C=O) groups excluding carboxylic acids is 1. The smallest absolute Gasteiger partial charge is 0.303 e. The van der Waals surface area contributed by atoms with Crippen LogP contribution in [0.25, 0.3) is 11.0 Å². The number of aryl methyl sites for hydroxylation is 2. The first-order valence-corrected chi connectivity index (χ1v) is 6.94. The van der Waals surface area contributed by atoms with Crippen LogP contribution in [-0.4, -0.2) is 16.9 Å². The van der Waals surface area contributed by atoms with Crippen LogP contribution in [0.4, 0.5) is 0 Å². The molecule has 20 heavy (non-hydrogen) atoms. The minimum absolute atomic E-state index is 0.0290. The van der Waals surface area contributed by atoms with E-state index < -0.39 is 5.97 Å². The van der Waals surface area contributed by atoms with E-state index in [4.69, 9.17) is 9.52 Å². The maximum absolute atomic E-state index is 11.9. The van der Waals surface area contributed by atoms with E-state index in [1.165, 1.54) is 12.0 Å². The Kier molecular flexibility index (Phi) is 3.30. The average Bonchev–Trinajstić information content (AvgIpc) is 2.82. The first kappa shape index (κ1) is 12.9. The van der Waals surface area contributed by atoms with Gasteiger partial charge in [0.1, 0.15) is 11.3 Å². The van der Waals surface area contributed by atoms with Crippen LogP contribution in [0.1, 0.15) is 47.4 Å². The second-order valence-corrected chi connectivity index (χ2v) is 5.24. The van der Waals surface area contributed by atoms with E-state index in [1.807, 2.05) is 6.07 Å². The molecule has 1 aromatic carbocycles. The van der Waals surface area contributed by atoms with Gasteiger partial charge < -0.3 is 9.52 Å². The fourth-order valence-electron chi connectivity index (χ4n) is 2.80. The lowest BCUT2D eigenvalue weighted by Gasteiger charge is -2.08. The van der Waals surface area contributed by atoms with Crippen LogP contribution < -0.4 is 0 Å². The first-order chi connectivity index (χ1) is 9.65. The van der Waals surface area contributed by atoms with Gasteiger partial charge in [0.15, 0.2) is 5.78 Å². The van der Waals surface area contributed by atoms with Crippen LogP contribution in [0.2, 0.25) is 0 Å². The third-order valence-electron chi connectivity index (χ3n) is 3.84. The van der Waals surface area contributed by atoms with E-state index in [9.17, 15) is 9.59 Å². The second kappa shape index (κ2) is 5.12. The molecular weight excluding hydrogens is 256 g/mol. The Morgan fingerprint density at radius 1 is 1.15 bits per heavy atom. The SMILES string of the molecule is O=C(O)CCC(=O)c1ccc2c3c(oc2c1)CCCC3. The number of carboxylic acids is 1. The monoisotopic (exact) mass is 272 g/mol. The number of rotatable bonds is 4. The van der Waals surface area contributed by atoms with Crippen molar-refractivity contribution in [1.82, 2.24) is 0 Å². The zero-order valence-corrected chi connectivity index (χ0v) is 11.1. The van der Waals surface area contributed by atoms with Crippen molar-refractivity contribution in [3.63, 3.8) is 0 Å². The summed E-state index contributed by atoms with van der Waals surface area (Å²) in [6.45, 7) is 0. The largest absolute Gasteiger partial charge is 0.481 e. The summed E-state index contributed by atoms with van der Waals surface area (Å²) in [6.07, 6.45) is 4.23. The molecule has 0 amide bonds. The number of aliphatic carboxylic acids is 1. The first-order valence-electron chi connectivity index (χ1n) is 6.94. The molecule has 1 N–H and O–H groups in total. The Morgan fingerprint density at radius 3 is 2.75 bits per heavy atom. The Labute approximate surface area is 116 Å². The van der Waals surface area contributed by atoms with Gasteiger partial charge in [-0.2, -0.15) is 0 Å². The van der Waals surface area contributed by atoms with E-state index in [-0.39, 0.29) is 18.6 Å². The molecule has 0 spiro atoms. The van der Waals surface area contributed by atoms with E-state index in [1.54, 1.807) is 12.1 Å². The Balaban J connectivity index is 1.91. The lowest BCUT2D eigenvalue weighted by atomic mass is 9.95. The number of Topliss-reactive ketones (excluding diaryl/α,β-unsaturated/α-hetero) is 1. The van der Waals surface area contributed by atoms with Gasteiger partial charge in [-0.25, -0.2) is 0 Å². The van der Waals surface area contributed by atoms with E-state index in [2.05, 4.69) is 0 Å². The molecule has 0 unspecified atom stereocenters. The van der Waals surface area contributed by atoms with Gasteiger partial charge in [-0.3, -0.25) is 9.59 Å². The molecule has 0 saturated carbocycles. The topological polar surface area (TPSA) is 67.5 Å². The number of hydrogen-bond donors (Lipinski definition) is 1. The van der Waals surface area contributed by atoms with Gasteiger partial charge in [0.25, 0.3) is 0 Å². The van der Waals surface area contributed by atoms with Crippen LogP contribution in [-0.2, 0) is 17.6 Å². The molecule has 2 aromatic rings. The van der Waals surface area contributed by atoms with Crippen molar-refractivity contribution in [3.05, 3.63) is 35.1 Å². The summed E-state index contributed by atoms with van der Waals surface area (Å²) >= 11 is 0. The molecule has 3 rings (SSSR count). The van der Waals surface area contributed by atoms with Gasteiger partial charge in [-0.05, 0) is 25.3 Å². The number of carboxylic acid groups (broad SMARTS) is 1. The van der Waals surface area contributed by atoms with Crippen molar-refractivity contribution in [2.45, 2.75) is 38.5 Å². The van der Waals surface area contributed by atoms with Crippen molar-refractivity contribution in [2.75, 3.05) is 0 Å². The number of fused-ring (bicyclic) bond motifs is 3. The standard InChI is InChI=1S/C16H16O4/c17-13(7-8-16(18)19)10-5-6-12-11-3-1-2-4-14(11)20-15(12)9-10/h5-6,9H,1-4,7-8H2,(H,18,19). The quantitative estimate of drug-likeness (QED) is 0.866. The highest BCUT2D eigenvalue weighted by Gasteiger charge is 2.18. The summed E-state index contributed by atoms with van der Waals surface area (Å²) in [7, 11) is 0. The molecule has 4 nitrogen and oxygen atoms in total. The summed E-state index contributed by atoms with van der Waals surface area (Å²) in [4.78, 5) is 22.4. The summed E-state index contributed by atoms with van der Waals surface area (Å²) in [6, 6.07) is 5.45. The summed E-state index contributed by atoms with van der Waals surface area (Å²) in [5, 5.41) is 9.71. The lowest BCUT2D eigenvalue weighted by molar-refractivity contribution is -0.136. The molecule has 4 heteroatoms. The van der Waals surface area contributed by atoms with E-state index in [0.717, 1.165) is 36.0 Å². The predicted molar refractivity (Wildman–Crippen MR) is 74.1 cm³/mol. The molecular formula is C16H16O4. The summed E-state index contributed by atoms with van der Waals surface area (Å²) in [5.74, 6) is -0.0575. The van der Waals surface area contributed by atoms with Crippen molar-refractivity contribution in [3.8, 4) is 0 Å². The summed E-state index contributed by atoms with van der Waals surface area (Å²) < 4.78 is 5.84. The lowest BCUT2D eigenvalue weighted by Crippen LogP contribution is -2.03. The van der Waals surface area contributed by atoms with Crippen LogP contribution in [0, 0.1) is 0 Å². The fraction of sp³-hybridized carbons (Fsp3) is 0.375. The normalized spacial score (nSPS) is 14.2. The highest BCUT2D eigenvalue weighted by molar-refractivity contribution is 6.00. The molecule has 1 aromatic heterocycles. The van der Waals surface area contributed by atoms with Crippen molar-refractivity contribution in [1.29, 1.82) is 0 Å². The predicted octanol–water partition coefficient (Wildman–Crippen LogP) is 3.36. The molecule has 0 aliphatic heterocycles. The third-order valence-corrected chi connectivity index (χ3v) is 3.84. The van der Waals surface area contributed by atoms with Gasteiger partial charge in [-0.1, -0.05) is 12.1 Å². The number of hydrogen-bond acceptors (Lipinski definition) is 3. The van der Waals surface area contributed by atoms with E-state index in [0.29, 0.717) is 5.56 Å². The number of carbonyl (C=O) groups is 2. The fourth-order valence-corrected chi connectivity index (χ4v) is 2.80. The maximum atomic E-state index is 11.9. The minimum Gasteiger partial charge on any atom is -0.481 e. The average molecular weight is 272 g/mol. The minimum atomic E-state index is -0.951. The Bertz CT molecular complexity index is 681. The summed E-state index contributed by atoms with van der Waals surface area (Å²) in [5.41, 5.74) is 2.55. The van der Waals surface area contributed by atoms with Crippen molar-refractivity contribution in [2.24, 2.45) is 0 Å². The third kappa shape index (κ3) is 2.33. The van der Waals surface area contributed by atoms with Gasteiger partial charge in [0.05, 0.1) is 6.42 Å². The number of ketones is 1. The van der Waals surface area contributed by atoms with Crippen LogP contribution >= 0.6 is 0 Å². The van der Waals surface area contributed by atoms with Crippen LogP contribution in [0.3, 0.4) is 0 Å². The highest BCUT2D eigenvalue weighted by Crippen LogP contribution is 2.32. The van der Waals surface area contributed by atoms with Crippen molar-refractivity contribution < 1.29 is 19.1 Å². The zero-order chi connectivity index (χ0) is 14.1. The van der Waals surface area contributed by atoms with Gasteiger partial charge in [0, 0.05) is 29.4 Å². The maximum Gasteiger partial charge on any atom is 0.303 e. The zero-order valence-electron chi connectivity index (χ0n) is 11.1. The van der Waals surface area contributed by atoms with Gasteiger partial charge >= 0.3 is 5.97 Å². The molecule has 0 fully saturated rings. The molecule has 104 valence electrons. The molecule has 0 radical (unpaired) electrons. The number of benzene rings is 1. The Morgan fingerprint density at radius 2 is 1.95 bits per heavy atom. The molecule has 1 aliphatic carbocycles. The molecule has 1 heterocycles. The van der Waals surface area contributed by atoms with Gasteiger partial charge in [0.2, 0.25) is 0 Å². The molecule has 0 saturated heterocycles. The van der Waals surface area contributed by atoms with Crippen LogP contribution in [0.15, 0.2) is 22.6 Å². The highest BCUT2D eigenvalue weighted by atomic mass is 16.4. The Hall–Kier alpha value is -2.10.